The van der Waals surface area contributed by atoms with E-state index in [-0.39, 0.29) is 6.10 Å². The van der Waals surface area contributed by atoms with E-state index in [4.69, 9.17) is 19.4 Å². The molecule has 0 N–H and O–H groups in total. The van der Waals surface area contributed by atoms with Gasteiger partial charge in [-0.3, -0.25) is 4.57 Å². The third-order valence-corrected chi connectivity index (χ3v) is 5.30. The zero-order valence-electron chi connectivity index (χ0n) is 15.3. The number of benzene rings is 1. The van der Waals surface area contributed by atoms with Crippen LogP contribution in [0.2, 0.25) is 0 Å². The molecule has 0 bridgehead atoms. The molecular formula is C20H22BrN3O2. The van der Waals surface area contributed by atoms with Gasteiger partial charge in [0.05, 0.1) is 18.9 Å². The van der Waals surface area contributed by atoms with Crippen molar-refractivity contribution in [3.8, 4) is 11.7 Å². The first kappa shape index (κ1) is 17.5. The Morgan fingerprint density at radius 3 is 2.46 bits per heavy atom. The summed E-state index contributed by atoms with van der Waals surface area (Å²) in [6.45, 7) is 7.65. The lowest BCUT2D eigenvalue weighted by Gasteiger charge is -2.24. The normalized spacial score (nSPS) is 15.5. The van der Waals surface area contributed by atoms with Crippen LogP contribution in [0.1, 0.15) is 29.9 Å². The molecule has 1 aliphatic rings. The molecule has 1 saturated heterocycles. The van der Waals surface area contributed by atoms with E-state index in [0.29, 0.717) is 5.95 Å². The first-order valence-electron chi connectivity index (χ1n) is 8.90. The lowest BCUT2D eigenvalue weighted by molar-refractivity contribution is 0.0261. The largest absolute Gasteiger partial charge is 0.488 e. The molecule has 0 radical (unpaired) electrons. The Hall–Kier alpha value is -1.92. The van der Waals surface area contributed by atoms with Gasteiger partial charge >= 0.3 is 0 Å². The number of hydrogen-bond acceptors (Lipinski definition) is 4. The van der Waals surface area contributed by atoms with Crippen LogP contribution >= 0.6 is 15.9 Å². The zero-order valence-corrected chi connectivity index (χ0v) is 16.8. The van der Waals surface area contributed by atoms with E-state index in [0.717, 1.165) is 64.3 Å². The van der Waals surface area contributed by atoms with Gasteiger partial charge in [-0.25, -0.2) is 9.97 Å². The highest BCUT2D eigenvalue weighted by atomic mass is 79.9. The monoisotopic (exact) mass is 415 g/mol. The summed E-state index contributed by atoms with van der Waals surface area (Å²) in [4.78, 5) is 9.63. The summed E-state index contributed by atoms with van der Waals surface area (Å²) in [5.74, 6) is 1.49. The molecule has 0 spiro atoms. The first-order valence-corrected chi connectivity index (χ1v) is 9.70. The van der Waals surface area contributed by atoms with Crippen LogP contribution in [0.15, 0.2) is 28.7 Å². The van der Waals surface area contributed by atoms with Gasteiger partial charge in [0, 0.05) is 34.1 Å². The molecule has 0 atom stereocenters. The number of nitrogens with zero attached hydrogens (tertiary/aromatic N) is 3. The first-order chi connectivity index (χ1) is 12.5. The predicted octanol–water partition coefficient (Wildman–Crippen LogP) is 4.67. The molecule has 1 aromatic carbocycles. The highest BCUT2D eigenvalue weighted by Gasteiger charge is 2.19. The van der Waals surface area contributed by atoms with Crippen LogP contribution in [0.4, 0.5) is 0 Å². The molecule has 3 aromatic rings. The molecule has 0 unspecified atom stereocenters. The molecule has 1 aliphatic heterocycles. The Balaban J connectivity index is 1.85. The number of aromatic nitrogens is 3. The van der Waals surface area contributed by atoms with E-state index in [1.54, 1.807) is 0 Å². The lowest BCUT2D eigenvalue weighted by atomic mass is 10.1. The second-order valence-electron chi connectivity index (χ2n) is 6.79. The topological polar surface area (TPSA) is 49.2 Å². The molecule has 0 saturated carbocycles. The smallest absolute Gasteiger partial charge is 0.235 e. The van der Waals surface area contributed by atoms with Crippen LogP contribution in [-0.4, -0.2) is 33.9 Å². The van der Waals surface area contributed by atoms with Gasteiger partial charge in [-0.05, 0) is 45.0 Å². The van der Waals surface area contributed by atoms with Gasteiger partial charge in [-0.1, -0.05) is 15.9 Å². The molecule has 5 nitrogen and oxygen atoms in total. The Morgan fingerprint density at radius 2 is 1.77 bits per heavy atom. The SMILES string of the molecule is Cc1nc(-n2c(C)ccc2C)nc2c(OC3CCOCC3)cc(Br)cc12. The van der Waals surface area contributed by atoms with Gasteiger partial charge in [-0.2, -0.15) is 0 Å². The van der Waals surface area contributed by atoms with E-state index in [1.807, 2.05) is 13.0 Å². The minimum Gasteiger partial charge on any atom is -0.488 e. The molecule has 2 aromatic heterocycles. The summed E-state index contributed by atoms with van der Waals surface area (Å²) in [6.07, 6.45) is 1.97. The van der Waals surface area contributed by atoms with Crippen LogP contribution in [-0.2, 0) is 4.74 Å². The maximum atomic E-state index is 6.33. The average Bonchev–Trinajstić information content (AvgIpc) is 2.95. The van der Waals surface area contributed by atoms with Crippen LogP contribution < -0.4 is 4.74 Å². The van der Waals surface area contributed by atoms with Crippen LogP contribution in [0.25, 0.3) is 16.9 Å². The fourth-order valence-electron chi connectivity index (χ4n) is 3.45. The van der Waals surface area contributed by atoms with Crippen LogP contribution in [0.5, 0.6) is 5.75 Å². The Morgan fingerprint density at radius 1 is 1.08 bits per heavy atom. The van der Waals surface area contributed by atoms with E-state index in [1.165, 1.54) is 0 Å². The maximum absolute atomic E-state index is 6.33. The molecule has 6 heteroatoms. The fraction of sp³-hybridized carbons (Fsp3) is 0.400. The van der Waals surface area contributed by atoms with E-state index in [2.05, 4.69) is 52.5 Å². The van der Waals surface area contributed by atoms with Crippen molar-refractivity contribution in [2.75, 3.05) is 13.2 Å². The van der Waals surface area contributed by atoms with Gasteiger partial charge in [0.1, 0.15) is 17.4 Å². The van der Waals surface area contributed by atoms with Crippen molar-refractivity contribution >= 4 is 26.8 Å². The lowest BCUT2D eigenvalue weighted by Crippen LogP contribution is -2.26. The quantitative estimate of drug-likeness (QED) is 0.623. The highest BCUT2D eigenvalue weighted by Crippen LogP contribution is 2.33. The summed E-state index contributed by atoms with van der Waals surface area (Å²) in [7, 11) is 0. The van der Waals surface area contributed by atoms with Crippen LogP contribution in [0, 0.1) is 20.8 Å². The van der Waals surface area contributed by atoms with Crippen molar-refractivity contribution in [1.29, 1.82) is 0 Å². The standard InChI is InChI=1S/C20H22BrN3O2/c1-12-4-5-13(2)24(12)20-22-14(3)17-10-15(21)11-18(19(17)23-20)26-16-6-8-25-9-7-16/h4-5,10-11,16H,6-9H2,1-3H3. The van der Waals surface area contributed by atoms with Gasteiger partial charge in [0.15, 0.2) is 0 Å². The number of halogens is 1. The second-order valence-corrected chi connectivity index (χ2v) is 7.71. The van der Waals surface area contributed by atoms with Gasteiger partial charge < -0.3 is 9.47 Å². The molecule has 1 fully saturated rings. The molecular weight excluding hydrogens is 394 g/mol. The van der Waals surface area contributed by atoms with Crippen molar-refractivity contribution in [3.05, 3.63) is 45.8 Å². The highest BCUT2D eigenvalue weighted by molar-refractivity contribution is 9.10. The van der Waals surface area contributed by atoms with Crippen molar-refractivity contribution < 1.29 is 9.47 Å². The summed E-state index contributed by atoms with van der Waals surface area (Å²) < 4.78 is 14.8. The number of aryl methyl sites for hydroxylation is 3. The van der Waals surface area contributed by atoms with Gasteiger partial charge in [0.2, 0.25) is 5.95 Å². The molecule has 136 valence electrons. The second kappa shape index (κ2) is 7.00. The average molecular weight is 416 g/mol. The Bertz CT molecular complexity index is 942. The maximum Gasteiger partial charge on any atom is 0.235 e. The minimum atomic E-state index is 0.162. The molecule has 0 aliphatic carbocycles. The fourth-order valence-corrected chi connectivity index (χ4v) is 3.88. The third-order valence-electron chi connectivity index (χ3n) is 4.84. The minimum absolute atomic E-state index is 0.162. The molecule has 3 heterocycles. The Labute approximate surface area is 161 Å². The summed E-state index contributed by atoms with van der Waals surface area (Å²) >= 11 is 3.60. The molecule has 4 rings (SSSR count). The number of ether oxygens (including phenoxy) is 2. The zero-order chi connectivity index (χ0) is 18.3. The van der Waals surface area contributed by atoms with E-state index < -0.39 is 0 Å². The summed E-state index contributed by atoms with van der Waals surface area (Å²) in [5, 5.41) is 1.01. The van der Waals surface area contributed by atoms with Crippen molar-refractivity contribution in [1.82, 2.24) is 14.5 Å². The van der Waals surface area contributed by atoms with Crippen molar-refractivity contribution in [2.24, 2.45) is 0 Å². The number of hydrogen-bond donors (Lipinski definition) is 0. The van der Waals surface area contributed by atoms with E-state index in [9.17, 15) is 0 Å². The predicted molar refractivity (Wildman–Crippen MR) is 105 cm³/mol. The number of rotatable bonds is 3. The summed E-state index contributed by atoms with van der Waals surface area (Å²) in [6, 6.07) is 8.22. The van der Waals surface area contributed by atoms with Crippen LogP contribution in [0.3, 0.4) is 0 Å². The van der Waals surface area contributed by atoms with Gasteiger partial charge in [0.25, 0.3) is 0 Å². The third kappa shape index (κ3) is 3.23. The van der Waals surface area contributed by atoms with Crippen molar-refractivity contribution in [2.45, 2.75) is 39.7 Å². The number of fused-ring (bicyclic) bond motifs is 1. The molecule has 26 heavy (non-hydrogen) atoms. The van der Waals surface area contributed by atoms with Crippen molar-refractivity contribution in [3.63, 3.8) is 0 Å². The summed E-state index contributed by atoms with van der Waals surface area (Å²) in [5.41, 5.74) is 4.03. The Kier molecular flexibility index (Phi) is 4.71. The van der Waals surface area contributed by atoms with E-state index >= 15 is 0 Å². The molecule has 0 amide bonds. The van der Waals surface area contributed by atoms with Gasteiger partial charge in [-0.15, -0.1) is 0 Å².